The van der Waals surface area contributed by atoms with Crippen LogP contribution in [0, 0.1) is 0 Å². The molecule has 3 aromatic rings. The van der Waals surface area contributed by atoms with Gasteiger partial charge in [-0.2, -0.15) is 0 Å². The molecule has 0 unspecified atom stereocenters. The largest absolute Gasteiger partial charge is 0.465 e. The van der Waals surface area contributed by atoms with Crippen molar-refractivity contribution >= 4 is 34.4 Å². The molecule has 130 valence electrons. The second-order valence-corrected chi connectivity index (χ2v) is 5.93. The van der Waals surface area contributed by atoms with Crippen molar-refractivity contribution < 1.29 is 14.3 Å². The van der Waals surface area contributed by atoms with Crippen molar-refractivity contribution in [1.29, 1.82) is 0 Å². The van der Waals surface area contributed by atoms with E-state index in [1.54, 1.807) is 31.2 Å². The zero-order chi connectivity index (χ0) is 18.5. The Hall–Kier alpha value is -3.40. The fraction of sp³-hybridized carbons (Fsp3) is 0.0909. The minimum absolute atomic E-state index is 0.269. The summed E-state index contributed by atoms with van der Waals surface area (Å²) in [7, 11) is 1.31. The molecule has 1 N–H and O–H groups in total. The van der Waals surface area contributed by atoms with Gasteiger partial charge in [-0.05, 0) is 47.5 Å². The van der Waals surface area contributed by atoms with Crippen molar-refractivity contribution in [2.24, 2.45) is 0 Å². The van der Waals surface area contributed by atoms with E-state index in [-0.39, 0.29) is 5.91 Å². The van der Waals surface area contributed by atoms with Crippen LogP contribution >= 0.6 is 0 Å². The highest BCUT2D eigenvalue weighted by Crippen LogP contribution is 2.20. The molecule has 3 rings (SSSR count). The van der Waals surface area contributed by atoms with Crippen molar-refractivity contribution in [2.45, 2.75) is 6.92 Å². The summed E-state index contributed by atoms with van der Waals surface area (Å²) in [6.45, 7) is 1.74. The summed E-state index contributed by atoms with van der Waals surface area (Å²) in [5.41, 5.74) is 2.23. The third kappa shape index (κ3) is 3.81. The van der Waals surface area contributed by atoms with Gasteiger partial charge in [-0.15, -0.1) is 0 Å². The molecule has 0 radical (unpaired) electrons. The number of carbonyl (C=O) groups is 2. The molecule has 0 saturated carbocycles. The van der Waals surface area contributed by atoms with E-state index in [4.69, 9.17) is 4.74 Å². The van der Waals surface area contributed by atoms with E-state index in [9.17, 15) is 9.59 Å². The van der Waals surface area contributed by atoms with E-state index in [1.165, 1.54) is 7.11 Å². The topological polar surface area (TPSA) is 55.4 Å². The molecule has 0 saturated heterocycles. The smallest absolute Gasteiger partial charge is 0.339 e. The quantitative estimate of drug-likeness (QED) is 0.552. The molecule has 1 amide bonds. The lowest BCUT2D eigenvalue weighted by Crippen LogP contribution is -2.15. The van der Waals surface area contributed by atoms with Crippen molar-refractivity contribution in [3.8, 4) is 0 Å². The number of fused-ring (bicyclic) bond motifs is 1. The van der Waals surface area contributed by atoms with Crippen LogP contribution in [0.15, 0.2) is 72.3 Å². The number of esters is 1. The Balaban J connectivity index is 1.83. The van der Waals surface area contributed by atoms with E-state index in [0.29, 0.717) is 16.8 Å². The van der Waals surface area contributed by atoms with Gasteiger partial charge in [0.1, 0.15) is 0 Å². The summed E-state index contributed by atoms with van der Waals surface area (Å²) in [5.74, 6) is -0.758. The van der Waals surface area contributed by atoms with Gasteiger partial charge < -0.3 is 10.1 Å². The van der Waals surface area contributed by atoms with E-state index < -0.39 is 5.97 Å². The van der Waals surface area contributed by atoms with Gasteiger partial charge in [0.2, 0.25) is 0 Å². The predicted octanol–water partition coefficient (Wildman–Crippen LogP) is 4.67. The van der Waals surface area contributed by atoms with Crippen LogP contribution in [0.3, 0.4) is 0 Å². The van der Waals surface area contributed by atoms with Crippen LogP contribution in [0.5, 0.6) is 0 Å². The lowest BCUT2D eigenvalue weighted by Gasteiger charge is -2.10. The van der Waals surface area contributed by atoms with Crippen LogP contribution < -0.4 is 5.32 Å². The number of benzene rings is 3. The van der Waals surface area contributed by atoms with Crippen molar-refractivity contribution in [1.82, 2.24) is 0 Å². The number of ether oxygens (including phenoxy) is 1. The highest BCUT2D eigenvalue weighted by Gasteiger charge is 2.14. The van der Waals surface area contributed by atoms with Crippen LogP contribution in [-0.4, -0.2) is 19.0 Å². The molecule has 0 aliphatic carbocycles. The number of para-hydroxylation sites is 1. The molecule has 0 aliphatic rings. The summed E-state index contributed by atoms with van der Waals surface area (Å²) in [6.07, 6.45) is 1.82. The number of amides is 1. The molecule has 4 nitrogen and oxygen atoms in total. The molecule has 0 aromatic heterocycles. The number of methoxy groups -OCH3 is 1. The maximum Gasteiger partial charge on any atom is 0.339 e. The second kappa shape index (κ2) is 7.66. The maximum absolute atomic E-state index is 12.5. The number of rotatable bonds is 4. The van der Waals surface area contributed by atoms with Crippen LogP contribution in [-0.2, 0) is 9.53 Å². The summed E-state index contributed by atoms with van der Waals surface area (Å²) >= 11 is 0. The summed E-state index contributed by atoms with van der Waals surface area (Å²) in [6, 6.07) is 20.9. The average molecular weight is 345 g/mol. The van der Waals surface area contributed by atoms with Crippen molar-refractivity contribution in [3.63, 3.8) is 0 Å². The SMILES string of the molecule is COC(=O)c1ccccc1NC(=O)/C(C)=C/c1ccc2ccccc2c1. The highest BCUT2D eigenvalue weighted by atomic mass is 16.5. The Labute approximate surface area is 152 Å². The molecule has 4 heteroatoms. The lowest BCUT2D eigenvalue weighted by molar-refractivity contribution is -0.112. The minimum atomic E-state index is -0.489. The fourth-order valence-electron chi connectivity index (χ4n) is 2.71. The van der Waals surface area contributed by atoms with Gasteiger partial charge in [-0.25, -0.2) is 4.79 Å². The first-order chi connectivity index (χ1) is 12.6. The first kappa shape index (κ1) is 17.4. The molecular weight excluding hydrogens is 326 g/mol. The van der Waals surface area contributed by atoms with E-state index in [1.807, 2.05) is 48.5 Å². The number of nitrogens with one attached hydrogen (secondary N) is 1. The Morgan fingerprint density at radius 3 is 2.38 bits per heavy atom. The van der Waals surface area contributed by atoms with E-state index in [0.717, 1.165) is 16.3 Å². The summed E-state index contributed by atoms with van der Waals surface area (Å²) in [5, 5.41) is 5.04. The highest BCUT2D eigenvalue weighted by molar-refractivity contribution is 6.09. The van der Waals surface area contributed by atoms with Gasteiger partial charge in [-0.1, -0.05) is 48.5 Å². The number of hydrogen-bond acceptors (Lipinski definition) is 3. The van der Waals surface area contributed by atoms with Gasteiger partial charge in [0.25, 0.3) is 5.91 Å². The third-order valence-corrected chi connectivity index (χ3v) is 4.10. The number of anilines is 1. The minimum Gasteiger partial charge on any atom is -0.465 e. The summed E-state index contributed by atoms with van der Waals surface area (Å²) in [4.78, 5) is 24.3. The normalized spacial score (nSPS) is 11.2. The predicted molar refractivity (Wildman–Crippen MR) is 104 cm³/mol. The Bertz CT molecular complexity index is 1000. The summed E-state index contributed by atoms with van der Waals surface area (Å²) < 4.78 is 4.75. The first-order valence-electron chi connectivity index (χ1n) is 8.24. The molecule has 3 aromatic carbocycles. The number of carbonyl (C=O) groups excluding carboxylic acids is 2. The molecule has 26 heavy (non-hydrogen) atoms. The third-order valence-electron chi connectivity index (χ3n) is 4.10. The van der Waals surface area contributed by atoms with Crippen LogP contribution in [0.4, 0.5) is 5.69 Å². The van der Waals surface area contributed by atoms with Crippen LogP contribution in [0.1, 0.15) is 22.8 Å². The monoisotopic (exact) mass is 345 g/mol. The Morgan fingerprint density at radius 1 is 0.923 bits per heavy atom. The van der Waals surface area contributed by atoms with Gasteiger partial charge in [0.15, 0.2) is 0 Å². The van der Waals surface area contributed by atoms with Crippen LogP contribution in [0.25, 0.3) is 16.8 Å². The van der Waals surface area contributed by atoms with E-state index >= 15 is 0 Å². The maximum atomic E-state index is 12.5. The molecule has 0 spiro atoms. The average Bonchev–Trinajstić information content (AvgIpc) is 2.67. The second-order valence-electron chi connectivity index (χ2n) is 5.93. The van der Waals surface area contributed by atoms with Gasteiger partial charge in [0.05, 0.1) is 18.4 Å². The van der Waals surface area contributed by atoms with Gasteiger partial charge in [0, 0.05) is 5.57 Å². The van der Waals surface area contributed by atoms with Crippen molar-refractivity contribution in [3.05, 3.63) is 83.4 Å². The number of hydrogen-bond donors (Lipinski definition) is 1. The van der Waals surface area contributed by atoms with Crippen LogP contribution in [0.2, 0.25) is 0 Å². The molecular formula is C22H19NO3. The molecule has 0 fully saturated rings. The first-order valence-corrected chi connectivity index (χ1v) is 8.24. The van der Waals surface area contributed by atoms with Gasteiger partial charge >= 0.3 is 5.97 Å². The molecule has 0 aliphatic heterocycles. The lowest BCUT2D eigenvalue weighted by atomic mass is 10.1. The fourth-order valence-corrected chi connectivity index (χ4v) is 2.71. The van der Waals surface area contributed by atoms with Crippen molar-refractivity contribution in [2.75, 3.05) is 12.4 Å². The van der Waals surface area contributed by atoms with E-state index in [2.05, 4.69) is 5.32 Å². The Morgan fingerprint density at radius 2 is 1.62 bits per heavy atom. The molecule has 0 atom stereocenters. The molecule has 0 heterocycles. The standard InChI is InChI=1S/C22H19NO3/c1-15(13-16-11-12-17-7-3-4-8-18(17)14-16)21(24)23-20-10-6-5-9-19(20)22(25)26-2/h3-14H,1-2H3,(H,23,24)/b15-13+. The zero-order valence-electron chi connectivity index (χ0n) is 14.7. The Kier molecular flexibility index (Phi) is 5.13. The molecule has 0 bridgehead atoms. The van der Waals surface area contributed by atoms with Gasteiger partial charge in [-0.3, -0.25) is 4.79 Å². The zero-order valence-corrected chi connectivity index (χ0v) is 14.7.